The second-order valence-corrected chi connectivity index (χ2v) is 8.89. The quantitative estimate of drug-likeness (QED) is 0.563. The van der Waals surface area contributed by atoms with Gasteiger partial charge in [0, 0.05) is 5.92 Å². The molecule has 0 amide bonds. The van der Waals surface area contributed by atoms with Crippen molar-refractivity contribution in [2.45, 2.75) is 24.0 Å². The van der Waals surface area contributed by atoms with E-state index in [2.05, 4.69) is 0 Å². The zero-order chi connectivity index (χ0) is 25.0. The van der Waals surface area contributed by atoms with Gasteiger partial charge in [0.25, 0.3) is 0 Å². The van der Waals surface area contributed by atoms with E-state index in [0.29, 0.717) is 11.3 Å². The van der Waals surface area contributed by atoms with Gasteiger partial charge in [0.15, 0.2) is 11.2 Å². The van der Waals surface area contributed by atoms with Crippen LogP contribution >= 0.6 is 0 Å². The number of aliphatic hydroxyl groups is 1. The summed E-state index contributed by atoms with van der Waals surface area (Å²) in [5.41, 5.74) is -1.64. The Bertz CT molecular complexity index is 1300. The van der Waals surface area contributed by atoms with Crippen LogP contribution in [0, 0.1) is 12.8 Å². The fraction of sp³-hybridized carbons (Fsp3) is 0.286. The van der Waals surface area contributed by atoms with Gasteiger partial charge in [-0.1, -0.05) is 42.5 Å². The van der Waals surface area contributed by atoms with Gasteiger partial charge in [0.2, 0.25) is 5.78 Å². The molecule has 5 rings (SSSR count). The highest BCUT2D eigenvalue weighted by Crippen LogP contribution is 2.68. The summed E-state index contributed by atoms with van der Waals surface area (Å²) in [5, 5.41) is 12.3. The Hall–Kier alpha value is -3.84. The molecule has 7 heteroatoms. The SMILES string of the molecule is COC(=O)C1C(c2ccccc2)[C@]2(c3ccc(OC)cc3)Oc3cc(C)cc(OC)c3C(=O)[C@]12O. The fourth-order valence-corrected chi connectivity index (χ4v) is 5.67. The summed E-state index contributed by atoms with van der Waals surface area (Å²) < 4.78 is 22.5. The van der Waals surface area contributed by atoms with Crippen molar-refractivity contribution in [3.8, 4) is 17.2 Å². The molecule has 3 aromatic rings. The molecule has 1 aliphatic heterocycles. The van der Waals surface area contributed by atoms with E-state index >= 15 is 0 Å². The molecule has 180 valence electrons. The van der Waals surface area contributed by atoms with Crippen LogP contribution in [-0.4, -0.2) is 43.8 Å². The molecule has 0 aromatic heterocycles. The highest BCUT2D eigenvalue weighted by Gasteiger charge is 2.82. The van der Waals surface area contributed by atoms with Gasteiger partial charge in [-0.2, -0.15) is 0 Å². The van der Waals surface area contributed by atoms with Gasteiger partial charge in [-0.15, -0.1) is 0 Å². The molecular weight excluding hydrogens is 448 g/mol. The summed E-state index contributed by atoms with van der Waals surface area (Å²) in [4.78, 5) is 27.3. The molecule has 1 N–H and O–H groups in total. The van der Waals surface area contributed by atoms with Crippen molar-refractivity contribution in [2.24, 2.45) is 5.92 Å². The number of fused-ring (bicyclic) bond motifs is 2. The first-order valence-corrected chi connectivity index (χ1v) is 11.3. The van der Waals surface area contributed by atoms with Gasteiger partial charge in [0.05, 0.1) is 21.3 Å². The molecule has 3 aromatic carbocycles. The summed E-state index contributed by atoms with van der Waals surface area (Å²) in [6.07, 6.45) is 0. The Labute approximate surface area is 203 Å². The molecule has 2 unspecified atom stereocenters. The number of carbonyl (C=O) groups is 2. The standard InChI is InChI=1S/C28H26O7/c1-16-14-20(33-3)22-21(15-16)35-28(18-10-12-19(32-2)13-11-18)23(17-8-6-5-7-9-17)24(26(30)34-4)27(28,31)25(22)29/h5-15,23-24,31H,1-4H3/t23?,24?,27-,28+/m1/s1. The van der Waals surface area contributed by atoms with Crippen LogP contribution in [-0.2, 0) is 15.1 Å². The number of ether oxygens (including phenoxy) is 4. The lowest BCUT2D eigenvalue weighted by atomic mass is 9.43. The lowest BCUT2D eigenvalue weighted by Gasteiger charge is -2.65. The maximum absolute atomic E-state index is 14.2. The molecule has 35 heavy (non-hydrogen) atoms. The van der Waals surface area contributed by atoms with Crippen LogP contribution in [0.3, 0.4) is 0 Å². The van der Waals surface area contributed by atoms with Crippen LogP contribution in [0.15, 0.2) is 66.7 Å². The first-order valence-electron chi connectivity index (χ1n) is 11.3. The Morgan fingerprint density at radius 2 is 1.66 bits per heavy atom. The van der Waals surface area contributed by atoms with Gasteiger partial charge in [-0.25, -0.2) is 0 Å². The maximum atomic E-state index is 14.2. The summed E-state index contributed by atoms with van der Waals surface area (Å²) in [6, 6.07) is 19.7. The van der Waals surface area contributed by atoms with Crippen molar-refractivity contribution in [1.29, 1.82) is 0 Å². The molecule has 4 atom stereocenters. The summed E-state index contributed by atoms with van der Waals surface area (Å²) in [7, 11) is 4.25. The molecule has 0 radical (unpaired) electrons. The predicted molar refractivity (Wildman–Crippen MR) is 127 cm³/mol. The van der Waals surface area contributed by atoms with Crippen molar-refractivity contribution in [3.05, 3.63) is 89.0 Å². The maximum Gasteiger partial charge on any atom is 0.313 e. The number of ketones is 1. The average molecular weight is 475 g/mol. The molecule has 0 saturated heterocycles. The van der Waals surface area contributed by atoms with Crippen LogP contribution in [0.25, 0.3) is 0 Å². The van der Waals surface area contributed by atoms with Gasteiger partial charge >= 0.3 is 5.97 Å². The van der Waals surface area contributed by atoms with Crippen LogP contribution in [0.2, 0.25) is 0 Å². The minimum atomic E-state index is -2.25. The Morgan fingerprint density at radius 1 is 0.971 bits per heavy atom. The second-order valence-electron chi connectivity index (χ2n) is 8.89. The fourth-order valence-electron chi connectivity index (χ4n) is 5.67. The molecule has 7 nitrogen and oxygen atoms in total. The van der Waals surface area contributed by atoms with E-state index < -0.39 is 34.8 Å². The lowest BCUT2D eigenvalue weighted by Crippen LogP contribution is -2.80. The third-order valence-electron chi connectivity index (χ3n) is 7.19. The minimum Gasteiger partial charge on any atom is -0.497 e. The number of Topliss-reactive ketones (excluding diaryl/α,β-unsaturated/α-hetero) is 1. The van der Waals surface area contributed by atoms with E-state index in [1.807, 2.05) is 37.3 Å². The molecule has 2 aliphatic rings. The van der Waals surface area contributed by atoms with Crippen molar-refractivity contribution in [2.75, 3.05) is 21.3 Å². The monoisotopic (exact) mass is 474 g/mol. The largest absolute Gasteiger partial charge is 0.497 e. The van der Waals surface area contributed by atoms with Crippen LogP contribution in [0.1, 0.15) is 33.0 Å². The number of hydrogen-bond donors (Lipinski definition) is 1. The van der Waals surface area contributed by atoms with Gasteiger partial charge in [-0.3, -0.25) is 9.59 Å². The molecule has 0 bridgehead atoms. The van der Waals surface area contributed by atoms with E-state index in [9.17, 15) is 14.7 Å². The molecule has 1 heterocycles. The topological polar surface area (TPSA) is 91.3 Å². The van der Waals surface area contributed by atoms with Crippen molar-refractivity contribution in [3.63, 3.8) is 0 Å². The smallest absolute Gasteiger partial charge is 0.313 e. The van der Waals surface area contributed by atoms with E-state index in [1.54, 1.807) is 43.5 Å². The van der Waals surface area contributed by atoms with Crippen LogP contribution in [0.5, 0.6) is 17.2 Å². The minimum absolute atomic E-state index is 0.102. The average Bonchev–Trinajstić information content (AvgIpc) is 2.88. The number of hydrogen-bond acceptors (Lipinski definition) is 7. The lowest BCUT2D eigenvalue weighted by molar-refractivity contribution is -0.251. The second kappa shape index (κ2) is 8.13. The summed E-state index contributed by atoms with van der Waals surface area (Å²) in [5.74, 6) is -2.09. The van der Waals surface area contributed by atoms with Gasteiger partial charge in [0.1, 0.15) is 28.7 Å². The highest BCUT2D eigenvalue weighted by molar-refractivity contribution is 6.12. The number of methoxy groups -OCH3 is 3. The number of aryl methyl sites for hydroxylation is 1. The summed E-state index contributed by atoms with van der Waals surface area (Å²) in [6.45, 7) is 1.87. The van der Waals surface area contributed by atoms with E-state index in [0.717, 1.165) is 11.1 Å². The third kappa shape index (κ3) is 2.94. The van der Waals surface area contributed by atoms with Gasteiger partial charge in [-0.05, 0) is 47.9 Å². The van der Waals surface area contributed by atoms with Crippen LogP contribution < -0.4 is 14.2 Å². The van der Waals surface area contributed by atoms with E-state index in [1.165, 1.54) is 14.2 Å². The first kappa shape index (κ1) is 22.9. The van der Waals surface area contributed by atoms with E-state index in [-0.39, 0.29) is 17.1 Å². The van der Waals surface area contributed by atoms with E-state index in [4.69, 9.17) is 18.9 Å². The van der Waals surface area contributed by atoms with Crippen molar-refractivity contribution in [1.82, 2.24) is 0 Å². The third-order valence-corrected chi connectivity index (χ3v) is 7.19. The zero-order valence-electron chi connectivity index (χ0n) is 19.9. The van der Waals surface area contributed by atoms with Crippen LogP contribution in [0.4, 0.5) is 0 Å². The molecule has 1 saturated carbocycles. The molecule has 1 aliphatic carbocycles. The Morgan fingerprint density at radius 3 is 2.26 bits per heavy atom. The Kier molecular flexibility index (Phi) is 5.33. The predicted octanol–water partition coefficient (Wildman–Crippen LogP) is 3.80. The van der Waals surface area contributed by atoms with Crippen molar-refractivity contribution >= 4 is 11.8 Å². The Balaban J connectivity index is 1.84. The number of rotatable bonds is 5. The summed E-state index contributed by atoms with van der Waals surface area (Å²) >= 11 is 0. The number of carbonyl (C=O) groups excluding carboxylic acids is 2. The first-order chi connectivity index (χ1) is 16.8. The zero-order valence-corrected chi connectivity index (χ0v) is 19.9. The highest BCUT2D eigenvalue weighted by atomic mass is 16.5. The number of esters is 1. The number of benzene rings is 3. The molecular formula is C28H26O7. The van der Waals surface area contributed by atoms with Crippen molar-refractivity contribution < 1.29 is 33.6 Å². The molecule has 0 spiro atoms. The molecule has 1 fully saturated rings. The normalized spacial score (nSPS) is 26.5. The van der Waals surface area contributed by atoms with Gasteiger partial charge < -0.3 is 24.1 Å².